The van der Waals surface area contributed by atoms with Gasteiger partial charge in [-0.25, -0.2) is 4.57 Å². The average Bonchev–Trinajstić information content (AvgIpc) is 3.31. The summed E-state index contributed by atoms with van der Waals surface area (Å²) in [6.07, 6.45) is 2.40. The minimum absolute atomic E-state index is 0.472. The van der Waals surface area contributed by atoms with E-state index in [0.717, 1.165) is 6.54 Å². The average molecular weight is 420 g/mol. The number of aryl methyl sites for hydroxylation is 2. The number of imidazole rings is 1. The molecule has 0 spiro atoms. The van der Waals surface area contributed by atoms with Crippen molar-refractivity contribution in [2.45, 2.75) is 59.9 Å². The van der Waals surface area contributed by atoms with Gasteiger partial charge in [-0.1, -0.05) is 58.0 Å². The van der Waals surface area contributed by atoms with Gasteiger partial charge in [-0.3, -0.25) is 0 Å². The summed E-state index contributed by atoms with van der Waals surface area (Å²) in [4.78, 5) is 0. The second-order valence-electron chi connectivity index (χ2n) is 10.3. The molecule has 0 radical (unpaired) electrons. The van der Waals surface area contributed by atoms with Gasteiger partial charge in [0.1, 0.15) is 18.3 Å². The number of rotatable bonds is 3. The van der Waals surface area contributed by atoms with Gasteiger partial charge >= 0.3 is 0 Å². The smallest absolute Gasteiger partial charge is 0.225 e. The maximum absolute atomic E-state index is 2.55. The molecule has 160 valence electrons. The molecular formula is C30H31N2+. The summed E-state index contributed by atoms with van der Waals surface area (Å²) >= 11 is 0. The monoisotopic (exact) mass is 419 g/mol. The zero-order valence-corrected chi connectivity index (χ0v) is 20.0. The van der Waals surface area contributed by atoms with Crippen LogP contribution < -0.4 is 4.57 Å². The summed E-state index contributed by atoms with van der Waals surface area (Å²) in [6.45, 7) is 14.6. The van der Waals surface area contributed by atoms with Gasteiger partial charge < -0.3 is 0 Å². The quantitative estimate of drug-likeness (QED) is 0.208. The van der Waals surface area contributed by atoms with Gasteiger partial charge in [0, 0.05) is 21.9 Å². The summed E-state index contributed by atoms with van der Waals surface area (Å²) in [5.41, 5.74) is 12.3. The molecule has 1 aliphatic rings. The molecule has 0 saturated carbocycles. The first-order chi connectivity index (χ1) is 15.3. The fourth-order valence-electron chi connectivity index (χ4n) is 5.58. The van der Waals surface area contributed by atoms with Gasteiger partial charge in [0.15, 0.2) is 5.69 Å². The first-order valence-electron chi connectivity index (χ1n) is 11.9. The van der Waals surface area contributed by atoms with Gasteiger partial charge in [0.25, 0.3) is 5.65 Å². The van der Waals surface area contributed by atoms with Crippen molar-refractivity contribution in [2.24, 2.45) is 0 Å². The molecule has 0 N–H and O–H groups in total. The highest BCUT2D eigenvalue weighted by Gasteiger charge is 2.32. The third kappa shape index (κ3) is 2.56. The van der Waals surface area contributed by atoms with Crippen LogP contribution in [0.5, 0.6) is 0 Å². The fraction of sp³-hybridized carbons (Fsp3) is 0.300. The summed E-state index contributed by atoms with van der Waals surface area (Å²) in [7, 11) is 0. The molecule has 0 unspecified atom stereocenters. The topological polar surface area (TPSA) is 8.29 Å². The molecule has 32 heavy (non-hydrogen) atoms. The lowest BCUT2D eigenvalue weighted by Gasteiger charge is -2.15. The number of nitrogens with zero attached hydrogens (tertiary/aromatic N) is 2. The Balaban J connectivity index is 1.84. The van der Waals surface area contributed by atoms with Gasteiger partial charge in [-0.2, -0.15) is 4.40 Å². The molecule has 3 aromatic carbocycles. The van der Waals surface area contributed by atoms with E-state index in [-0.39, 0.29) is 0 Å². The van der Waals surface area contributed by atoms with Crippen LogP contribution in [0.2, 0.25) is 0 Å². The number of pyridine rings is 1. The van der Waals surface area contributed by atoms with E-state index in [1.807, 2.05) is 0 Å². The van der Waals surface area contributed by atoms with Crippen molar-refractivity contribution in [1.82, 2.24) is 4.40 Å². The standard InChI is InChI=1S/C30H31N2/c1-17(2)21-10-11-23(18(3)4)26(14-21)28-16-31-15-22-8-7-9-24-25-12-19(5)20(6)13-27(25)32(28)30(31)29(22)24/h7-14,16-18H,15H2,1-6H3/q+1. The molecular weight excluding hydrogens is 388 g/mol. The highest BCUT2D eigenvalue weighted by atomic mass is 15.1. The van der Waals surface area contributed by atoms with Gasteiger partial charge in [-0.05, 0) is 66.1 Å². The van der Waals surface area contributed by atoms with Crippen molar-refractivity contribution >= 4 is 27.3 Å². The Labute approximate surface area is 190 Å². The molecule has 0 atom stereocenters. The Bertz CT molecular complexity index is 1560. The van der Waals surface area contributed by atoms with Crippen molar-refractivity contribution in [3.63, 3.8) is 0 Å². The van der Waals surface area contributed by atoms with Crippen molar-refractivity contribution in [2.75, 3.05) is 0 Å². The zero-order valence-electron chi connectivity index (χ0n) is 20.0. The highest BCUT2D eigenvalue weighted by molar-refractivity contribution is 6.13. The lowest BCUT2D eigenvalue weighted by atomic mass is 9.90. The zero-order chi connectivity index (χ0) is 22.3. The number of aromatic nitrogens is 2. The first kappa shape index (κ1) is 19.5. The van der Waals surface area contributed by atoms with Crippen molar-refractivity contribution in [3.05, 3.63) is 82.5 Å². The second-order valence-corrected chi connectivity index (χ2v) is 10.3. The molecule has 2 aromatic heterocycles. The maximum atomic E-state index is 2.55. The van der Waals surface area contributed by atoms with Crippen LogP contribution in [0.1, 0.15) is 67.3 Å². The fourth-order valence-corrected chi connectivity index (χ4v) is 5.58. The molecule has 2 nitrogen and oxygen atoms in total. The Kier molecular flexibility index (Phi) is 4.08. The molecule has 5 aromatic rings. The Morgan fingerprint density at radius 1 is 0.844 bits per heavy atom. The predicted molar refractivity (Wildman–Crippen MR) is 135 cm³/mol. The van der Waals surface area contributed by atoms with E-state index in [1.54, 1.807) is 0 Å². The van der Waals surface area contributed by atoms with E-state index in [4.69, 9.17) is 0 Å². The minimum Gasteiger partial charge on any atom is -0.225 e. The number of hydrogen-bond donors (Lipinski definition) is 0. The van der Waals surface area contributed by atoms with Gasteiger partial charge in [-0.15, -0.1) is 0 Å². The third-order valence-electron chi connectivity index (χ3n) is 7.50. The SMILES string of the molecule is Cc1cc2c3cccc4c3c3n(c(-c5cc(C(C)C)ccc5C(C)C)c[n+]3C4)c2cc1C. The van der Waals surface area contributed by atoms with E-state index in [1.165, 1.54) is 66.4 Å². The molecule has 0 aliphatic carbocycles. The molecule has 0 fully saturated rings. The Morgan fingerprint density at radius 2 is 1.62 bits per heavy atom. The number of hydrogen-bond acceptors (Lipinski definition) is 0. The van der Waals surface area contributed by atoms with E-state index in [9.17, 15) is 0 Å². The van der Waals surface area contributed by atoms with Crippen molar-refractivity contribution in [3.8, 4) is 11.3 Å². The molecule has 3 heterocycles. The lowest BCUT2D eigenvalue weighted by molar-refractivity contribution is -0.657. The van der Waals surface area contributed by atoms with Crippen LogP contribution in [0.25, 0.3) is 38.6 Å². The number of fused-ring (bicyclic) bond motifs is 3. The summed E-state index contributed by atoms with van der Waals surface area (Å²) in [5.74, 6) is 0.981. The third-order valence-corrected chi connectivity index (χ3v) is 7.50. The normalized spacial score (nSPS) is 13.1. The largest absolute Gasteiger partial charge is 0.295 e. The lowest BCUT2D eigenvalue weighted by Crippen LogP contribution is -2.28. The van der Waals surface area contributed by atoms with E-state index in [2.05, 4.69) is 105 Å². The summed E-state index contributed by atoms with van der Waals surface area (Å²) < 4.78 is 5.01. The Morgan fingerprint density at radius 3 is 2.38 bits per heavy atom. The van der Waals surface area contributed by atoms with Crippen LogP contribution in [0.15, 0.2) is 54.7 Å². The van der Waals surface area contributed by atoms with E-state index >= 15 is 0 Å². The molecule has 2 heteroatoms. The van der Waals surface area contributed by atoms with Crippen LogP contribution in [-0.4, -0.2) is 4.40 Å². The molecule has 1 aliphatic heterocycles. The van der Waals surface area contributed by atoms with E-state index in [0.29, 0.717) is 11.8 Å². The second kappa shape index (κ2) is 6.68. The van der Waals surface area contributed by atoms with Crippen LogP contribution in [0.4, 0.5) is 0 Å². The predicted octanol–water partition coefficient (Wildman–Crippen LogP) is 7.43. The molecule has 0 amide bonds. The van der Waals surface area contributed by atoms with Gasteiger partial charge in [0.2, 0.25) is 0 Å². The first-order valence-corrected chi connectivity index (χ1v) is 11.9. The summed E-state index contributed by atoms with van der Waals surface area (Å²) in [5, 5.41) is 4.15. The van der Waals surface area contributed by atoms with E-state index < -0.39 is 0 Å². The molecule has 6 rings (SSSR count). The number of benzene rings is 3. The molecule has 0 bridgehead atoms. The highest BCUT2D eigenvalue weighted by Crippen LogP contribution is 2.40. The van der Waals surface area contributed by atoms with Gasteiger partial charge in [0.05, 0.1) is 5.39 Å². The van der Waals surface area contributed by atoms with Crippen LogP contribution in [0.3, 0.4) is 0 Å². The van der Waals surface area contributed by atoms with Crippen LogP contribution >= 0.6 is 0 Å². The van der Waals surface area contributed by atoms with Crippen LogP contribution in [-0.2, 0) is 6.54 Å². The minimum atomic E-state index is 0.472. The van der Waals surface area contributed by atoms with Crippen LogP contribution in [0, 0.1) is 13.8 Å². The summed E-state index contributed by atoms with van der Waals surface area (Å²) in [6, 6.07) is 18.7. The Hall–Kier alpha value is -3.13. The van der Waals surface area contributed by atoms with Crippen molar-refractivity contribution in [1.29, 1.82) is 0 Å². The molecule has 0 saturated heterocycles. The van der Waals surface area contributed by atoms with Crippen molar-refractivity contribution < 1.29 is 4.57 Å². The maximum Gasteiger partial charge on any atom is 0.295 e.